The lowest BCUT2D eigenvalue weighted by Gasteiger charge is -2.21. The molecule has 1 aromatic carbocycles. The zero-order chi connectivity index (χ0) is 7.14. The lowest BCUT2D eigenvalue weighted by molar-refractivity contribution is 0.0961. The molecule has 0 bridgehead atoms. The van der Waals surface area contributed by atoms with Crippen molar-refractivity contribution in [1.29, 1.82) is 0 Å². The summed E-state index contributed by atoms with van der Waals surface area (Å²) in [6.07, 6.45) is 0. The van der Waals surface area contributed by atoms with Crippen molar-refractivity contribution in [2.75, 3.05) is 0 Å². The topological polar surface area (TPSA) is 17.1 Å². The highest BCUT2D eigenvalue weighted by molar-refractivity contribution is 6.38. The van der Waals surface area contributed by atoms with Crippen LogP contribution in [0.15, 0.2) is 24.3 Å². The second-order valence-corrected chi connectivity index (χ2v) is 2.75. The van der Waals surface area contributed by atoms with Crippen LogP contribution in [0.3, 0.4) is 0 Å². The van der Waals surface area contributed by atoms with Crippen molar-refractivity contribution in [2.24, 2.45) is 0 Å². The first kappa shape index (κ1) is 5.93. The van der Waals surface area contributed by atoms with E-state index in [1.807, 2.05) is 18.2 Å². The van der Waals surface area contributed by atoms with Crippen LogP contribution in [0.2, 0.25) is 0 Å². The first-order valence-corrected chi connectivity index (χ1v) is 3.51. The predicted octanol–water partition coefficient (Wildman–Crippen LogP) is 2.16. The van der Waals surface area contributed by atoms with E-state index in [0.29, 0.717) is 0 Å². The van der Waals surface area contributed by atoms with Crippen molar-refractivity contribution < 1.29 is 4.79 Å². The van der Waals surface area contributed by atoms with E-state index in [2.05, 4.69) is 0 Å². The molecule has 0 heterocycles. The first-order valence-electron chi connectivity index (χ1n) is 3.08. The summed E-state index contributed by atoms with van der Waals surface area (Å²) in [6.45, 7) is 0. The van der Waals surface area contributed by atoms with E-state index >= 15 is 0 Å². The van der Waals surface area contributed by atoms with Gasteiger partial charge in [0, 0.05) is 5.56 Å². The van der Waals surface area contributed by atoms with E-state index in [4.69, 9.17) is 11.6 Å². The largest absolute Gasteiger partial charge is 0.292 e. The maximum atomic E-state index is 10.9. The van der Waals surface area contributed by atoms with Gasteiger partial charge in [0.15, 0.2) is 5.78 Å². The molecule has 0 saturated carbocycles. The Balaban J connectivity index is 2.60. The number of hydrogen-bond acceptors (Lipinski definition) is 1. The number of alkyl halides is 1. The number of halogens is 1. The summed E-state index contributed by atoms with van der Waals surface area (Å²) >= 11 is 5.68. The van der Waals surface area contributed by atoms with E-state index in [0.717, 1.165) is 11.1 Å². The van der Waals surface area contributed by atoms with Gasteiger partial charge in [-0.05, 0) is 5.56 Å². The lowest BCUT2D eigenvalue weighted by atomic mass is 9.87. The number of fused-ring (bicyclic) bond motifs is 1. The van der Waals surface area contributed by atoms with Crippen LogP contribution in [0.5, 0.6) is 0 Å². The minimum atomic E-state index is -0.379. The molecule has 2 rings (SSSR count). The molecule has 1 aliphatic rings. The Hall–Kier alpha value is -0.820. The quantitative estimate of drug-likeness (QED) is 0.521. The van der Waals surface area contributed by atoms with Gasteiger partial charge in [-0.25, -0.2) is 0 Å². The van der Waals surface area contributed by atoms with Gasteiger partial charge in [-0.15, -0.1) is 11.6 Å². The molecule has 0 spiro atoms. The van der Waals surface area contributed by atoms with Crippen LogP contribution in [-0.4, -0.2) is 5.78 Å². The maximum absolute atomic E-state index is 10.9. The van der Waals surface area contributed by atoms with Gasteiger partial charge in [-0.1, -0.05) is 24.3 Å². The van der Waals surface area contributed by atoms with Crippen LogP contribution in [0.25, 0.3) is 0 Å². The molecule has 0 amide bonds. The molecule has 0 aliphatic heterocycles. The molecule has 0 radical (unpaired) electrons. The Morgan fingerprint density at radius 1 is 1.30 bits per heavy atom. The summed E-state index contributed by atoms with van der Waals surface area (Å²) in [6, 6.07) is 7.42. The molecule has 1 atom stereocenters. The minimum absolute atomic E-state index is 0.0530. The number of ketones is 1. The summed E-state index contributed by atoms with van der Waals surface area (Å²) in [5.41, 5.74) is 1.75. The molecule has 50 valence electrons. The van der Waals surface area contributed by atoms with Crippen LogP contribution in [-0.2, 0) is 0 Å². The Kier molecular flexibility index (Phi) is 1.08. The monoisotopic (exact) mass is 152 g/mol. The number of rotatable bonds is 0. The summed E-state index contributed by atoms with van der Waals surface area (Å²) in [7, 11) is 0. The molecule has 0 aromatic heterocycles. The van der Waals surface area contributed by atoms with E-state index < -0.39 is 0 Å². The first-order chi connectivity index (χ1) is 4.80. The predicted molar refractivity (Wildman–Crippen MR) is 39.4 cm³/mol. The Morgan fingerprint density at radius 3 is 2.70 bits per heavy atom. The van der Waals surface area contributed by atoms with E-state index in [1.54, 1.807) is 6.07 Å². The SMILES string of the molecule is O=C1c2ccccc2C1Cl. The average molecular weight is 153 g/mol. The standard InChI is InChI=1S/C8H5ClO/c9-7-5-3-1-2-4-6(5)8(7)10/h1-4,7H. The minimum Gasteiger partial charge on any atom is -0.292 e. The maximum Gasteiger partial charge on any atom is 0.185 e. The summed E-state index contributed by atoms with van der Waals surface area (Å²) in [4.78, 5) is 10.9. The molecule has 1 aromatic rings. The van der Waals surface area contributed by atoms with Gasteiger partial charge in [0.1, 0.15) is 5.38 Å². The number of benzene rings is 1. The number of carbonyl (C=O) groups excluding carboxylic acids is 1. The van der Waals surface area contributed by atoms with Gasteiger partial charge in [-0.2, -0.15) is 0 Å². The van der Waals surface area contributed by atoms with Crippen LogP contribution >= 0.6 is 11.6 Å². The van der Waals surface area contributed by atoms with Gasteiger partial charge in [0.05, 0.1) is 0 Å². The van der Waals surface area contributed by atoms with Gasteiger partial charge >= 0.3 is 0 Å². The van der Waals surface area contributed by atoms with Crippen molar-refractivity contribution in [1.82, 2.24) is 0 Å². The van der Waals surface area contributed by atoms with E-state index in [-0.39, 0.29) is 11.2 Å². The van der Waals surface area contributed by atoms with E-state index in [9.17, 15) is 4.79 Å². The highest BCUT2D eigenvalue weighted by Gasteiger charge is 2.33. The van der Waals surface area contributed by atoms with Gasteiger partial charge in [0.25, 0.3) is 0 Å². The third-order valence-corrected chi connectivity index (χ3v) is 2.16. The lowest BCUT2D eigenvalue weighted by Crippen LogP contribution is -2.21. The summed E-state index contributed by atoms with van der Waals surface area (Å²) < 4.78 is 0. The normalized spacial score (nSPS) is 21.7. The Bertz CT molecular complexity index is 293. The zero-order valence-corrected chi connectivity index (χ0v) is 5.93. The molecular formula is C8H5ClO. The highest BCUT2D eigenvalue weighted by Crippen LogP contribution is 2.37. The van der Waals surface area contributed by atoms with Crippen molar-refractivity contribution in [3.63, 3.8) is 0 Å². The van der Waals surface area contributed by atoms with Crippen LogP contribution in [0.1, 0.15) is 21.3 Å². The Morgan fingerprint density at radius 2 is 2.00 bits per heavy atom. The Labute approximate surface area is 63.6 Å². The van der Waals surface area contributed by atoms with Crippen molar-refractivity contribution in [3.05, 3.63) is 35.4 Å². The van der Waals surface area contributed by atoms with Crippen molar-refractivity contribution >= 4 is 17.4 Å². The van der Waals surface area contributed by atoms with Crippen LogP contribution in [0.4, 0.5) is 0 Å². The van der Waals surface area contributed by atoms with Crippen LogP contribution in [0, 0.1) is 0 Å². The number of carbonyl (C=O) groups is 1. The molecule has 0 saturated heterocycles. The van der Waals surface area contributed by atoms with Crippen molar-refractivity contribution in [2.45, 2.75) is 5.38 Å². The molecule has 0 N–H and O–H groups in total. The molecule has 1 unspecified atom stereocenters. The fraction of sp³-hybridized carbons (Fsp3) is 0.125. The fourth-order valence-corrected chi connectivity index (χ4v) is 1.45. The average Bonchev–Trinajstić information content (AvgIpc) is 2.03. The van der Waals surface area contributed by atoms with Gasteiger partial charge < -0.3 is 0 Å². The van der Waals surface area contributed by atoms with Gasteiger partial charge in [-0.3, -0.25) is 4.79 Å². The van der Waals surface area contributed by atoms with Crippen molar-refractivity contribution in [3.8, 4) is 0 Å². The molecular weight excluding hydrogens is 148 g/mol. The zero-order valence-electron chi connectivity index (χ0n) is 5.17. The fourth-order valence-electron chi connectivity index (χ4n) is 1.14. The smallest absolute Gasteiger partial charge is 0.185 e. The third kappa shape index (κ3) is 0.557. The third-order valence-electron chi connectivity index (χ3n) is 1.73. The number of Topliss-reactive ketones (excluding diaryl/α,β-unsaturated/α-hetero) is 1. The van der Waals surface area contributed by atoms with E-state index in [1.165, 1.54) is 0 Å². The second-order valence-electron chi connectivity index (χ2n) is 2.31. The van der Waals surface area contributed by atoms with Gasteiger partial charge in [0.2, 0.25) is 0 Å². The number of hydrogen-bond donors (Lipinski definition) is 0. The molecule has 1 aliphatic carbocycles. The molecule has 0 fully saturated rings. The summed E-state index contributed by atoms with van der Waals surface area (Å²) in [5, 5.41) is -0.379. The second kappa shape index (κ2) is 1.83. The summed E-state index contributed by atoms with van der Waals surface area (Å²) in [5.74, 6) is 0.0530. The van der Waals surface area contributed by atoms with Crippen LogP contribution < -0.4 is 0 Å². The highest BCUT2D eigenvalue weighted by atomic mass is 35.5. The molecule has 10 heavy (non-hydrogen) atoms. The molecule has 1 nitrogen and oxygen atoms in total. The molecule has 2 heteroatoms.